The highest BCUT2D eigenvalue weighted by Gasteiger charge is 2.33. The number of nitro benzene ring substituents is 1. The van der Waals surface area contributed by atoms with E-state index in [0.29, 0.717) is 11.3 Å². The number of non-ortho nitro benzene ring substituents is 1. The number of nitrogens with zero attached hydrogens (tertiary/aromatic N) is 3. The molecule has 0 saturated heterocycles. The summed E-state index contributed by atoms with van der Waals surface area (Å²) in [4.78, 5) is 39.2. The van der Waals surface area contributed by atoms with Crippen LogP contribution in [0.1, 0.15) is 38.2 Å². The second-order valence-corrected chi connectivity index (χ2v) is 12.0. The van der Waals surface area contributed by atoms with Crippen molar-refractivity contribution in [2.75, 3.05) is 18.0 Å². The van der Waals surface area contributed by atoms with Gasteiger partial charge in [0.1, 0.15) is 18.3 Å². The number of carbonyl (C=O) groups is 2. The fourth-order valence-electron chi connectivity index (χ4n) is 4.93. The van der Waals surface area contributed by atoms with Crippen LogP contribution >= 0.6 is 0 Å². The monoisotopic (exact) mass is 594 g/mol. The van der Waals surface area contributed by atoms with E-state index in [9.17, 15) is 28.1 Å². The zero-order valence-corrected chi connectivity index (χ0v) is 24.3. The van der Waals surface area contributed by atoms with E-state index in [-0.39, 0.29) is 34.8 Å². The van der Waals surface area contributed by atoms with Crippen LogP contribution in [0.3, 0.4) is 0 Å². The van der Waals surface area contributed by atoms with Gasteiger partial charge >= 0.3 is 0 Å². The summed E-state index contributed by atoms with van der Waals surface area (Å²) < 4.78 is 33.9. The Morgan fingerprint density at radius 3 is 2.31 bits per heavy atom. The van der Waals surface area contributed by atoms with E-state index in [1.165, 1.54) is 48.4 Å². The van der Waals surface area contributed by atoms with E-state index >= 15 is 0 Å². The van der Waals surface area contributed by atoms with Gasteiger partial charge in [-0.3, -0.25) is 24.0 Å². The molecule has 42 heavy (non-hydrogen) atoms. The third kappa shape index (κ3) is 7.24. The molecule has 3 aromatic rings. The van der Waals surface area contributed by atoms with Gasteiger partial charge in [0.25, 0.3) is 15.7 Å². The second-order valence-electron chi connectivity index (χ2n) is 10.1. The summed E-state index contributed by atoms with van der Waals surface area (Å²) in [5, 5.41) is 14.2. The molecule has 1 aliphatic rings. The van der Waals surface area contributed by atoms with Crippen molar-refractivity contribution in [2.24, 2.45) is 0 Å². The summed E-state index contributed by atoms with van der Waals surface area (Å²) in [5.74, 6) is -0.377. The van der Waals surface area contributed by atoms with Crippen LogP contribution < -0.4 is 14.4 Å². The number of carbonyl (C=O) groups excluding carboxylic acids is 2. The van der Waals surface area contributed by atoms with Crippen molar-refractivity contribution in [3.8, 4) is 5.75 Å². The number of hydrogen-bond acceptors (Lipinski definition) is 7. The molecule has 2 amide bonds. The molecule has 12 heteroatoms. The summed E-state index contributed by atoms with van der Waals surface area (Å²) in [6.45, 7) is 0.999. The van der Waals surface area contributed by atoms with Crippen molar-refractivity contribution >= 4 is 33.2 Å². The summed E-state index contributed by atoms with van der Waals surface area (Å²) in [6, 6.07) is 18.7. The van der Waals surface area contributed by atoms with Gasteiger partial charge in [-0.1, -0.05) is 43.2 Å². The van der Waals surface area contributed by atoms with Crippen molar-refractivity contribution in [3.05, 3.63) is 94.5 Å². The van der Waals surface area contributed by atoms with Crippen LogP contribution in [0.25, 0.3) is 0 Å². The third-order valence-corrected chi connectivity index (χ3v) is 9.10. The van der Waals surface area contributed by atoms with Crippen molar-refractivity contribution in [3.63, 3.8) is 0 Å². The molecule has 4 rings (SSSR count). The normalized spacial score (nSPS) is 14.1. The number of anilines is 1. The predicted octanol–water partition coefficient (Wildman–Crippen LogP) is 4.27. The topological polar surface area (TPSA) is 139 Å². The summed E-state index contributed by atoms with van der Waals surface area (Å²) >= 11 is 0. The van der Waals surface area contributed by atoms with Crippen LogP contribution in [0.2, 0.25) is 0 Å². The first-order valence-electron chi connectivity index (χ1n) is 13.6. The molecular weight excluding hydrogens is 560 g/mol. The lowest BCUT2D eigenvalue weighted by molar-refractivity contribution is -0.384. The van der Waals surface area contributed by atoms with Gasteiger partial charge in [0.2, 0.25) is 11.8 Å². The van der Waals surface area contributed by atoms with Crippen molar-refractivity contribution in [1.82, 2.24) is 10.2 Å². The predicted molar refractivity (Wildman–Crippen MR) is 157 cm³/mol. The van der Waals surface area contributed by atoms with E-state index in [0.717, 1.165) is 30.0 Å². The summed E-state index contributed by atoms with van der Waals surface area (Å²) in [7, 11) is -2.74. The highest BCUT2D eigenvalue weighted by molar-refractivity contribution is 7.92. The molecule has 0 heterocycles. The first-order chi connectivity index (χ1) is 20.1. The second kappa shape index (κ2) is 13.5. The fraction of sp³-hybridized carbons (Fsp3) is 0.333. The van der Waals surface area contributed by atoms with Gasteiger partial charge in [-0.05, 0) is 61.7 Å². The Balaban J connectivity index is 1.70. The average Bonchev–Trinajstić information content (AvgIpc) is 3.51. The van der Waals surface area contributed by atoms with Crippen LogP contribution in [0, 0.1) is 10.1 Å². The number of rotatable bonds is 12. The number of nitro groups is 1. The van der Waals surface area contributed by atoms with Gasteiger partial charge < -0.3 is 15.0 Å². The highest BCUT2D eigenvalue weighted by atomic mass is 32.2. The molecule has 0 unspecified atom stereocenters. The molecule has 0 aliphatic heterocycles. The molecular formula is C30H34N4O7S. The minimum atomic E-state index is -4.27. The number of sulfonamides is 1. The Morgan fingerprint density at radius 2 is 1.69 bits per heavy atom. The van der Waals surface area contributed by atoms with E-state index < -0.39 is 33.4 Å². The fourth-order valence-corrected chi connectivity index (χ4v) is 6.37. The molecule has 3 aromatic carbocycles. The Hall–Kier alpha value is -4.45. The van der Waals surface area contributed by atoms with Crippen molar-refractivity contribution in [1.29, 1.82) is 0 Å². The van der Waals surface area contributed by atoms with Crippen LogP contribution in [-0.2, 0) is 26.2 Å². The van der Waals surface area contributed by atoms with E-state index in [2.05, 4.69) is 5.32 Å². The smallest absolute Gasteiger partial charge is 0.269 e. The number of amides is 2. The zero-order valence-electron chi connectivity index (χ0n) is 23.5. The molecule has 1 fully saturated rings. The SMILES string of the molecule is COc1cccc(CN(C(=O)CN(c2ccc([N+](=O)[O-])cc2)S(=O)(=O)c2ccccc2)[C@@H](C)C(=O)NC2CCCC2)c1. The number of hydrogen-bond donors (Lipinski definition) is 1. The van der Waals surface area contributed by atoms with Crippen molar-refractivity contribution in [2.45, 2.75) is 56.1 Å². The third-order valence-electron chi connectivity index (χ3n) is 7.31. The Labute approximate surface area is 245 Å². The van der Waals surface area contributed by atoms with Crippen molar-refractivity contribution < 1.29 is 27.7 Å². The lowest BCUT2D eigenvalue weighted by Crippen LogP contribution is -2.52. The van der Waals surface area contributed by atoms with Crippen LogP contribution in [0.5, 0.6) is 5.75 Å². The molecule has 1 N–H and O–H groups in total. The van der Waals surface area contributed by atoms with E-state index in [1.54, 1.807) is 49.4 Å². The number of benzene rings is 3. The first-order valence-corrected chi connectivity index (χ1v) is 15.1. The lowest BCUT2D eigenvalue weighted by Gasteiger charge is -2.32. The first kappa shape index (κ1) is 30.5. The average molecular weight is 595 g/mol. The van der Waals surface area contributed by atoms with Gasteiger partial charge in [0.15, 0.2) is 0 Å². The largest absolute Gasteiger partial charge is 0.497 e. The molecule has 222 valence electrons. The minimum absolute atomic E-state index is 0.0226. The molecule has 11 nitrogen and oxygen atoms in total. The van der Waals surface area contributed by atoms with Gasteiger partial charge in [-0.2, -0.15) is 0 Å². The van der Waals surface area contributed by atoms with Gasteiger partial charge in [0, 0.05) is 24.7 Å². The van der Waals surface area contributed by atoms with Crippen LogP contribution in [-0.4, -0.2) is 55.8 Å². The quantitative estimate of drug-likeness (QED) is 0.244. The molecule has 1 saturated carbocycles. The maximum Gasteiger partial charge on any atom is 0.269 e. The van der Waals surface area contributed by atoms with Gasteiger partial charge in [-0.15, -0.1) is 0 Å². The maximum absolute atomic E-state index is 14.0. The van der Waals surface area contributed by atoms with Crippen LogP contribution in [0.4, 0.5) is 11.4 Å². The molecule has 0 spiro atoms. The molecule has 0 aromatic heterocycles. The zero-order chi connectivity index (χ0) is 30.3. The number of nitrogens with one attached hydrogen (secondary N) is 1. The maximum atomic E-state index is 14.0. The Bertz CT molecular complexity index is 1510. The summed E-state index contributed by atoms with van der Waals surface area (Å²) in [6.07, 6.45) is 3.78. The number of methoxy groups -OCH3 is 1. The summed E-state index contributed by atoms with van der Waals surface area (Å²) in [5.41, 5.74) is 0.539. The Morgan fingerprint density at radius 1 is 1.02 bits per heavy atom. The molecule has 0 bridgehead atoms. The van der Waals surface area contributed by atoms with E-state index in [1.807, 2.05) is 0 Å². The molecule has 1 atom stereocenters. The lowest BCUT2D eigenvalue weighted by atomic mass is 10.1. The number of ether oxygens (including phenoxy) is 1. The highest BCUT2D eigenvalue weighted by Crippen LogP contribution is 2.27. The standard InChI is InChI=1S/C30H34N4O7S/c1-22(30(36)31-24-10-6-7-11-24)32(20-23-9-8-12-27(19-23)41-2)29(35)21-33(25-15-17-26(18-16-25)34(37)38)42(39,40)28-13-4-3-5-14-28/h3-5,8-9,12-19,22,24H,6-7,10-11,20-21H2,1-2H3,(H,31,36)/t22-/m0/s1. The molecule has 1 aliphatic carbocycles. The van der Waals surface area contributed by atoms with E-state index in [4.69, 9.17) is 4.74 Å². The van der Waals surface area contributed by atoms with Gasteiger partial charge in [0.05, 0.1) is 22.6 Å². The Kier molecular flexibility index (Phi) is 9.79. The van der Waals surface area contributed by atoms with Gasteiger partial charge in [-0.25, -0.2) is 8.42 Å². The van der Waals surface area contributed by atoms with Crippen LogP contribution in [0.15, 0.2) is 83.8 Å². The minimum Gasteiger partial charge on any atom is -0.497 e. The molecule has 0 radical (unpaired) electrons.